The monoisotopic (exact) mass is 665 g/mol. The predicted molar refractivity (Wildman–Crippen MR) is 181 cm³/mol. The number of piperazine rings is 1. The first-order valence-corrected chi connectivity index (χ1v) is 16.0. The molecule has 0 aromatic heterocycles. The average Bonchev–Trinajstić information content (AvgIpc) is 3.08. The summed E-state index contributed by atoms with van der Waals surface area (Å²) in [4.78, 5) is 28.0. The Morgan fingerprint density at radius 3 is 2.07 bits per heavy atom. The topological polar surface area (TPSA) is 112 Å². The van der Waals surface area contributed by atoms with Gasteiger partial charge in [0.25, 0.3) is 5.91 Å². The lowest BCUT2D eigenvalue weighted by Gasteiger charge is -2.36. The smallest absolute Gasteiger partial charge is 0.335 e. The van der Waals surface area contributed by atoms with E-state index in [1.165, 1.54) is 5.69 Å². The second-order valence-electron chi connectivity index (χ2n) is 11.2. The number of aliphatic carboxylic acids is 1. The van der Waals surface area contributed by atoms with Crippen molar-refractivity contribution in [1.29, 1.82) is 0 Å². The molecule has 11 heteroatoms. The molecule has 1 fully saturated rings. The number of hydrogen-bond donors (Lipinski definition) is 3. The molecule has 242 valence electrons. The van der Waals surface area contributed by atoms with Crippen LogP contribution in [-0.2, 0) is 16.2 Å². The summed E-state index contributed by atoms with van der Waals surface area (Å²) in [7, 11) is 0. The molecule has 3 heterocycles. The number of halogens is 2. The van der Waals surface area contributed by atoms with E-state index in [9.17, 15) is 14.7 Å². The van der Waals surface area contributed by atoms with E-state index in [1.807, 2.05) is 30.3 Å². The number of unbranched alkanes of at least 4 members (excludes halogenated alkanes) is 1. The highest BCUT2D eigenvalue weighted by atomic mass is 35.5. The van der Waals surface area contributed by atoms with Crippen molar-refractivity contribution in [3.63, 3.8) is 0 Å². The maximum absolute atomic E-state index is 12.5. The predicted octanol–water partition coefficient (Wildman–Crippen LogP) is 5.53. The lowest BCUT2D eigenvalue weighted by Crippen LogP contribution is -2.46. The zero-order valence-corrected chi connectivity index (χ0v) is 26.9. The van der Waals surface area contributed by atoms with Crippen molar-refractivity contribution in [1.82, 2.24) is 10.2 Å². The number of rotatable bonds is 9. The second kappa shape index (κ2) is 16.0. The van der Waals surface area contributed by atoms with Gasteiger partial charge in [0, 0.05) is 59.6 Å². The number of benzene rings is 3. The van der Waals surface area contributed by atoms with Crippen molar-refractivity contribution < 1.29 is 29.3 Å². The third kappa shape index (κ3) is 9.04. The van der Waals surface area contributed by atoms with E-state index in [0.717, 1.165) is 62.4 Å². The van der Waals surface area contributed by atoms with Crippen LogP contribution in [0.4, 0.5) is 5.69 Å². The SMILES string of the molecule is O=C(NCCCCN1CCN(c2cccc(CO)c2)CC1)C1=Cc2cc(Cl)ccc2OC1.O=C(O)C1=Cc2cc(Cl)ccc2OC1. The Balaban J connectivity index is 0.000000247. The fourth-order valence-electron chi connectivity index (χ4n) is 5.41. The molecule has 0 radical (unpaired) electrons. The number of nitrogens with one attached hydrogen (secondary N) is 1. The van der Waals surface area contributed by atoms with E-state index < -0.39 is 5.97 Å². The number of nitrogens with zero attached hydrogens (tertiary/aromatic N) is 2. The highest BCUT2D eigenvalue weighted by Crippen LogP contribution is 2.30. The first-order valence-electron chi connectivity index (χ1n) is 15.2. The molecule has 3 aromatic carbocycles. The van der Waals surface area contributed by atoms with Gasteiger partial charge in [-0.05, 0) is 85.6 Å². The molecule has 0 bridgehead atoms. The van der Waals surface area contributed by atoms with Crippen molar-refractivity contribution in [2.24, 2.45) is 0 Å². The van der Waals surface area contributed by atoms with Crippen molar-refractivity contribution >= 4 is 52.9 Å². The molecular formula is C35H37Cl2N3O6. The van der Waals surface area contributed by atoms with Gasteiger partial charge in [0.1, 0.15) is 24.7 Å². The third-order valence-electron chi connectivity index (χ3n) is 7.95. The molecule has 0 aliphatic carbocycles. The Labute approximate surface area is 278 Å². The molecule has 46 heavy (non-hydrogen) atoms. The maximum atomic E-state index is 12.5. The van der Waals surface area contributed by atoms with Gasteiger partial charge in [-0.3, -0.25) is 9.69 Å². The van der Waals surface area contributed by atoms with Crippen molar-refractivity contribution in [2.45, 2.75) is 19.4 Å². The maximum Gasteiger partial charge on any atom is 0.335 e. The molecule has 0 unspecified atom stereocenters. The molecule has 0 atom stereocenters. The molecule has 6 rings (SSSR count). The van der Waals surface area contributed by atoms with Crippen LogP contribution >= 0.6 is 23.2 Å². The van der Waals surface area contributed by atoms with Gasteiger partial charge in [0.2, 0.25) is 0 Å². The van der Waals surface area contributed by atoms with Crippen LogP contribution in [0.3, 0.4) is 0 Å². The highest BCUT2D eigenvalue weighted by molar-refractivity contribution is 6.31. The Kier molecular flexibility index (Phi) is 11.6. The normalized spacial score (nSPS) is 15.5. The summed E-state index contributed by atoms with van der Waals surface area (Å²) >= 11 is 11.8. The first kappa shape index (κ1) is 33.3. The lowest BCUT2D eigenvalue weighted by atomic mass is 10.1. The van der Waals surface area contributed by atoms with Gasteiger partial charge in [-0.25, -0.2) is 4.79 Å². The number of carbonyl (C=O) groups is 2. The molecule has 1 saturated heterocycles. The molecule has 3 aromatic rings. The Hall–Kier alpha value is -4.02. The Morgan fingerprint density at radius 1 is 0.804 bits per heavy atom. The number of carboxylic acids is 1. The molecule has 3 aliphatic heterocycles. The number of ether oxygens (including phenoxy) is 2. The van der Waals surface area contributed by atoms with E-state index in [-0.39, 0.29) is 31.3 Å². The summed E-state index contributed by atoms with van der Waals surface area (Å²) in [5.74, 6) is 0.386. The van der Waals surface area contributed by atoms with E-state index in [2.05, 4.69) is 27.2 Å². The van der Waals surface area contributed by atoms with Gasteiger partial charge < -0.3 is 29.9 Å². The summed E-state index contributed by atoms with van der Waals surface area (Å²) < 4.78 is 10.9. The number of fused-ring (bicyclic) bond motifs is 2. The van der Waals surface area contributed by atoms with E-state index >= 15 is 0 Å². The van der Waals surface area contributed by atoms with Crippen molar-refractivity contribution in [3.8, 4) is 11.5 Å². The molecule has 0 spiro atoms. The summed E-state index contributed by atoms with van der Waals surface area (Å²) in [6.07, 6.45) is 5.43. The minimum Gasteiger partial charge on any atom is -0.488 e. The van der Waals surface area contributed by atoms with Crippen molar-refractivity contribution in [2.75, 3.05) is 57.4 Å². The number of hydrogen-bond acceptors (Lipinski definition) is 7. The fourth-order valence-corrected chi connectivity index (χ4v) is 5.77. The quantitative estimate of drug-likeness (QED) is 0.256. The minimum absolute atomic E-state index is 0.0747. The molecular weight excluding hydrogens is 629 g/mol. The molecule has 1 amide bonds. The van der Waals surface area contributed by atoms with Crippen LogP contribution in [0.2, 0.25) is 10.0 Å². The fraction of sp³-hybridized carbons (Fsp3) is 0.314. The van der Waals surface area contributed by atoms with Gasteiger partial charge in [-0.2, -0.15) is 0 Å². The number of amides is 1. The van der Waals surface area contributed by atoms with Gasteiger partial charge >= 0.3 is 5.97 Å². The summed E-state index contributed by atoms with van der Waals surface area (Å²) in [5.41, 5.74) is 4.55. The Morgan fingerprint density at radius 2 is 1.43 bits per heavy atom. The van der Waals surface area contributed by atoms with Crippen LogP contribution in [0.15, 0.2) is 71.8 Å². The van der Waals surface area contributed by atoms with Crippen LogP contribution in [-0.4, -0.2) is 79.5 Å². The Bertz CT molecular complexity index is 1620. The second-order valence-corrected chi connectivity index (χ2v) is 12.1. The van der Waals surface area contributed by atoms with E-state index in [4.69, 9.17) is 37.8 Å². The molecule has 9 nitrogen and oxygen atoms in total. The van der Waals surface area contributed by atoms with Gasteiger partial charge in [0.15, 0.2) is 0 Å². The third-order valence-corrected chi connectivity index (χ3v) is 8.42. The molecule has 3 N–H and O–H groups in total. The van der Waals surface area contributed by atoms with Crippen LogP contribution in [0.1, 0.15) is 29.5 Å². The number of aliphatic hydroxyl groups is 1. The molecule has 3 aliphatic rings. The van der Waals surface area contributed by atoms with Crippen LogP contribution in [0.5, 0.6) is 11.5 Å². The van der Waals surface area contributed by atoms with Gasteiger partial charge in [-0.15, -0.1) is 0 Å². The number of carbonyl (C=O) groups excluding carboxylic acids is 1. The molecule has 0 saturated carbocycles. The van der Waals surface area contributed by atoms with Crippen LogP contribution in [0.25, 0.3) is 12.2 Å². The highest BCUT2D eigenvalue weighted by Gasteiger charge is 2.19. The average molecular weight is 667 g/mol. The van der Waals surface area contributed by atoms with Crippen molar-refractivity contribution in [3.05, 3.63) is 98.5 Å². The van der Waals surface area contributed by atoms with Crippen LogP contribution < -0.4 is 19.7 Å². The summed E-state index contributed by atoms with van der Waals surface area (Å²) in [6, 6.07) is 18.7. The lowest BCUT2D eigenvalue weighted by molar-refractivity contribution is -0.133. The zero-order valence-electron chi connectivity index (χ0n) is 25.4. The zero-order chi connectivity index (χ0) is 32.5. The van der Waals surface area contributed by atoms with Crippen LogP contribution in [0, 0.1) is 0 Å². The largest absolute Gasteiger partial charge is 0.488 e. The van der Waals surface area contributed by atoms with E-state index in [1.54, 1.807) is 30.3 Å². The van der Waals surface area contributed by atoms with E-state index in [0.29, 0.717) is 33.5 Å². The summed E-state index contributed by atoms with van der Waals surface area (Å²) in [5, 5.41) is 22.3. The number of carboxylic acid groups (broad SMARTS) is 1. The van der Waals surface area contributed by atoms with Gasteiger partial charge in [-0.1, -0.05) is 35.3 Å². The standard InChI is InChI=1S/C25H30ClN3O3.C10H7ClO3/c26-22-6-7-24-20(16-22)15-21(18-32-24)25(31)27-8-1-2-9-28-10-12-29(13-11-28)23-5-3-4-19(14-23)17-30;11-8-1-2-9-6(4-8)3-7(5-14-9)10(12)13/h3-7,14-16,30H,1-2,8-13,17-18H2,(H,27,31);1-4H,5H2,(H,12,13). The first-order chi connectivity index (χ1) is 22.3. The number of aliphatic hydroxyl groups excluding tert-OH is 1. The summed E-state index contributed by atoms with van der Waals surface area (Å²) in [6.45, 7) is 6.21. The van der Waals surface area contributed by atoms with Gasteiger partial charge in [0.05, 0.1) is 17.8 Å². The minimum atomic E-state index is -0.962. The number of anilines is 1.